The van der Waals surface area contributed by atoms with E-state index in [9.17, 15) is 19.2 Å². The van der Waals surface area contributed by atoms with Crippen LogP contribution in [0.2, 0.25) is 0 Å². The van der Waals surface area contributed by atoms with Crippen LogP contribution in [0.1, 0.15) is 43.7 Å². The zero-order valence-electron chi connectivity index (χ0n) is 25.9. The molecule has 11 nitrogen and oxygen atoms in total. The van der Waals surface area contributed by atoms with E-state index in [0.29, 0.717) is 51.6 Å². The predicted octanol–water partition coefficient (Wildman–Crippen LogP) is 1.76. The molecule has 2 saturated heterocycles. The molecule has 0 radical (unpaired) electrons. The fraction of sp³-hybridized carbons (Fsp3) is 0.515. The van der Waals surface area contributed by atoms with Crippen molar-refractivity contribution in [1.82, 2.24) is 31.5 Å². The first-order chi connectivity index (χ1) is 21.3. The minimum Gasteiger partial charge on any atom is -0.497 e. The Labute approximate surface area is 259 Å². The highest BCUT2D eigenvalue weighted by Gasteiger charge is 2.47. The van der Waals surface area contributed by atoms with Crippen molar-refractivity contribution >= 4 is 23.8 Å². The van der Waals surface area contributed by atoms with Gasteiger partial charge in [0.05, 0.1) is 13.2 Å². The Kier molecular flexibility index (Phi) is 12.0. The third-order valence-corrected chi connectivity index (χ3v) is 8.65. The van der Waals surface area contributed by atoms with E-state index in [1.54, 1.807) is 19.1 Å². The summed E-state index contributed by atoms with van der Waals surface area (Å²) in [6.45, 7) is 2.98. The van der Waals surface area contributed by atoms with Gasteiger partial charge in [-0.25, -0.2) is 4.79 Å². The normalized spacial score (nSPS) is 21.9. The van der Waals surface area contributed by atoms with Crippen LogP contribution >= 0.6 is 0 Å². The molecule has 2 aromatic carbocycles. The molecule has 4 rings (SSSR count). The molecule has 238 valence electrons. The third kappa shape index (κ3) is 8.49. The fourth-order valence-electron chi connectivity index (χ4n) is 6.21. The van der Waals surface area contributed by atoms with Gasteiger partial charge < -0.3 is 36.2 Å². The molecule has 0 aromatic heterocycles. The molecule has 0 spiro atoms. The highest BCUT2D eigenvalue weighted by atomic mass is 16.5. The molecule has 2 fully saturated rings. The summed E-state index contributed by atoms with van der Waals surface area (Å²) in [4.78, 5) is 55.2. The van der Waals surface area contributed by atoms with Gasteiger partial charge in [-0.3, -0.25) is 14.4 Å². The van der Waals surface area contributed by atoms with Gasteiger partial charge in [0.25, 0.3) is 0 Å². The molecule has 2 aromatic rings. The summed E-state index contributed by atoms with van der Waals surface area (Å²) in [5, 5.41) is 14.7. The van der Waals surface area contributed by atoms with Crippen molar-refractivity contribution in [3.63, 3.8) is 0 Å². The van der Waals surface area contributed by atoms with Crippen molar-refractivity contribution in [3.8, 4) is 5.75 Å². The quantitative estimate of drug-likeness (QED) is 0.235. The van der Waals surface area contributed by atoms with Crippen LogP contribution in [0.25, 0.3) is 0 Å². The Balaban J connectivity index is 1.47. The Hall–Kier alpha value is -4.12. The number of fused-ring (bicyclic) bond motifs is 1. The van der Waals surface area contributed by atoms with Gasteiger partial charge in [0.15, 0.2) is 0 Å². The largest absolute Gasteiger partial charge is 0.497 e. The summed E-state index contributed by atoms with van der Waals surface area (Å²) in [7, 11) is 3.34. The minimum absolute atomic E-state index is 0.0990. The summed E-state index contributed by atoms with van der Waals surface area (Å²) in [6.07, 6.45) is 3.71. The maximum atomic E-state index is 14.3. The number of urea groups is 1. The number of nitrogens with one attached hydrogen (secondary N) is 5. The van der Waals surface area contributed by atoms with Crippen molar-refractivity contribution in [2.45, 2.75) is 69.6 Å². The third-order valence-electron chi connectivity index (χ3n) is 8.65. The second-order valence-corrected chi connectivity index (χ2v) is 11.5. The molecule has 2 aliphatic rings. The van der Waals surface area contributed by atoms with Crippen LogP contribution in [-0.2, 0) is 27.2 Å². The van der Waals surface area contributed by atoms with Crippen molar-refractivity contribution < 1.29 is 23.9 Å². The number of methoxy groups -OCH3 is 1. The first kappa shape index (κ1) is 32.8. The molecule has 2 aliphatic heterocycles. The molecule has 11 heteroatoms. The van der Waals surface area contributed by atoms with Crippen LogP contribution in [0.15, 0.2) is 54.6 Å². The zero-order chi connectivity index (χ0) is 31.5. The van der Waals surface area contributed by atoms with Gasteiger partial charge in [0.1, 0.15) is 17.8 Å². The van der Waals surface area contributed by atoms with Gasteiger partial charge in [-0.2, -0.15) is 0 Å². The van der Waals surface area contributed by atoms with E-state index in [4.69, 9.17) is 4.74 Å². The number of likely N-dealkylation sites (N-methyl/N-ethyl adjacent to an activating group) is 1. The number of nitrogens with zero attached hydrogens (tertiary/aromatic N) is 1. The number of carbonyl (C=O) groups excluding carboxylic acids is 4. The van der Waals surface area contributed by atoms with Gasteiger partial charge in [-0.1, -0.05) is 42.5 Å². The lowest BCUT2D eigenvalue weighted by molar-refractivity contribution is -0.143. The second-order valence-electron chi connectivity index (χ2n) is 11.5. The van der Waals surface area contributed by atoms with Gasteiger partial charge in [-0.05, 0) is 75.8 Å². The Bertz CT molecular complexity index is 1260. The van der Waals surface area contributed by atoms with E-state index < -0.39 is 18.1 Å². The van der Waals surface area contributed by atoms with Crippen molar-refractivity contribution in [1.29, 1.82) is 0 Å². The fourth-order valence-corrected chi connectivity index (χ4v) is 6.21. The highest BCUT2D eigenvalue weighted by Crippen LogP contribution is 2.34. The Morgan fingerprint density at radius 2 is 1.66 bits per heavy atom. The van der Waals surface area contributed by atoms with Crippen LogP contribution in [-0.4, -0.2) is 86.6 Å². The van der Waals surface area contributed by atoms with Gasteiger partial charge >= 0.3 is 6.03 Å². The summed E-state index contributed by atoms with van der Waals surface area (Å²) >= 11 is 0. The molecule has 0 bridgehead atoms. The molecule has 2 heterocycles. The van der Waals surface area contributed by atoms with Gasteiger partial charge in [0.2, 0.25) is 17.7 Å². The Morgan fingerprint density at radius 1 is 0.932 bits per heavy atom. The summed E-state index contributed by atoms with van der Waals surface area (Å²) in [6, 6.07) is 14.9. The lowest BCUT2D eigenvalue weighted by Gasteiger charge is -2.33. The van der Waals surface area contributed by atoms with Crippen LogP contribution < -0.4 is 31.3 Å². The monoisotopic (exact) mass is 606 g/mol. The van der Waals surface area contributed by atoms with E-state index in [1.807, 2.05) is 61.5 Å². The average Bonchev–Trinajstić information content (AvgIpc) is 3.42. The lowest BCUT2D eigenvalue weighted by atomic mass is 9.92. The van der Waals surface area contributed by atoms with E-state index in [1.165, 1.54) is 0 Å². The average molecular weight is 607 g/mol. The summed E-state index contributed by atoms with van der Waals surface area (Å²) in [5.41, 5.74) is 2.07. The second kappa shape index (κ2) is 16.1. The number of amides is 5. The summed E-state index contributed by atoms with van der Waals surface area (Å²) < 4.78 is 5.21. The van der Waals surface area contributed by atoms with Crippen LogP contribution in [0.4, 0.5) is 4.79 Å². The molecule has 0 unspecified atom stereocenters. The van der Waals surface area contributed by atoms with Crippen molar-refractivity contribution in [2.75, 3.05) is 33.8 Å². The predicted molar refractivity (Wildman–Crippen MR) is 168 cm³/mol. The van der Waals surface area contributed by atoms with Gasteiger partial charge in [0, 0.05) is 31.6 Å². The topological polar surface area (TPSA) is 141 Å². The van der Waals surface area contributed by atoms with Gasteiger partial charge in [-0.15, -0.1) is 0 Å². The number of benzene rings is 2. The van der Waals surface area contributed by atoms with E-state index in [-0.39, 0.29) is 42.3 Å². The van der Waals surface area contributed by atoms with E-state index in [0.717, 1.165) is 16.9 Å². The summed E-state index contributed by atoms with van der Waals surface area (Å²) in [5.74, 6) is -0.304. The standard InChI is InChI=1S/C33H46N6O5/c1-4-35-33(43)37-21-24-12-13-25-14-17-28(31(41)36-19-18-22-10-15-26(44-3)16-11-22)39(25)32(42)29(24)38-30(40)27(34-2)20-23-8-6-5-7-9-23/h5-11,15-16,24-25,27-29,34H,4,12-14,17-21H2,1-3H3,(H,36,41)(H,38,40)(H2,35,37,43)/t24-,25+,27-,28+,29+/m1/s1. The molecule has 0 aliphatic carbocycles. The molecule has 44 heavy (non-hydrogen) atoms. The molecular weight excluding hydrogens is 560 g/mol. The lowest BCUT2D eigenvalue weighted by Crippen LogP contribution is -2.59. The van der Waals surface area contributed by atoms with Crippen LogP contribution in [0.5, 0.6) is 5.75 Å². The maximum absolute atomic E-state index is 14.3. The van der Waals surface area contributed by atoms with E-state index in [2.05, 4.69) is 26.6 Å². The molecule has 5 amide bonds. The van der Waals surface area contributed by atoms with E-state index >= 15 is 0 Å². The molecular formula is C33H46N6O5. The zero-order valence-corrected chi connectivity index (χ0v) is 25.9. The number of carbonyl (C=O) groups is 4. The molecule has 5 atom stereocenters. The first-order valence-electron chi connectivity index (χ1n) is 15.6. The Morgan fingerprint density at radius 3 is 2.34 bits per heavy atom. The number of hydrogen-bond donors (Lipinski definition) is 5. The molecule has 5 N–H and O–H groups in total. The van der Waals surface area contributed by atoms with Crippen LogP contribution in [0.3, 0.4) is 0 Å². The van der Waals surface area contributed by atoms with Crippen molar-refractivity contribution in [2.24, 2.45) is 5.92 Å². The minimum atomic E-state index is -0.881. The number of ether oxygens (including phenoxy) is 1. The number of hydrogen-bond acceptors (Lipinski definition) is 6. The SMILES string of the molecule is CCNC(=O)NC[C@H]1CC[C@H]2CC[C@@H](C(=O)NCCc3ccc(OC)cc3)N2C(=O)[C@H]1NC(=O)[C@@H](Cc1ccccc1)NC. The van der Waals surface area contributed by atoms with Crippen LogP contribution in [0, 0.1) is 5.92 Å². The number of rotatable bonds is 13. The molecule has 0 saturated carbocycles. The maximum Gasteiger partial charge on any atom is 0.314 e. The first-order valence-corrected chi connectivity index (χ1v) is 15.6. The highest BCUT2D eigenvalue weighted by molar-refractivity contribution is 5.94. The van der Waals surface area contributed by atoms with Crippen molar-refractivity contribution in [3.05, 3.63) is 65.7 Å². The smallest absolute Gasteiger partial charge is 0.314 e.